The number of nitrogens with one attached hydrogen (secondary N) is 2. The zero-order valence-electron chi connectivity index (χ0n) is 20.9. The minimum absolute atomic E-state index is 0.00455. The van der Waals surface area contributed by atoms with E-state index in [-0.39, 0.29) is 24.8 Å². The fourth-order valence-electron chi connectivity index (χ4n) is 3.83. The van der Waals surface area contributed by atoms with Crippen molar-refractivity contribution < 1.29 is 33.4 Å². The summed E-state index contributed by atoms with van der Waals surface area (Å²) >= 11 is 2.39. The molecule has 2 aromatic carbocycles. The van der Waals surface area contributed by atoms with Gasteiger partial charge in [-0.2, -0.15) is 11.8 Å². The molecule has 4 rings (SSSR count). The van der Waals surface area contributed by atoms with Crippen molar-refractivity contribution in [2.24, 2.45) is 0 Å². The number of carbonyl (C=O) groups is 4. The Kier molecular flexibility index (Phi) is 9.19. The van der Waals surface area contributed by atoms with Crippen LogP contribution in [0.4, 0.5) is 4.79 Å². The largest absolute Gasteiger partial charge is 0.496 e. The van der Waals surface area contributed by atoms with Crippen LogP contribution in [0, 0.1) is 0 Å². The van der Waals surface area contributed by atoms with Crippen LogP contribution in [0.15, 0.2) is 47.4 Å². The van der Waals surface area contributed by atoms with Gasteiger partial charge in [-0.15, -0.1) is 0 Å². The van der Waals surface area contributed by atoms with Crippen molar-refractivity contribution in [3.63, 3.8) is 0 Å². The second-order valence-electron chi connectivity index (χ2n) is 8.24. The average Bonchev–Trinajstić information content (AvgIpc) is 3.50. The Morgan fingerprint density at radius 1 is 1.18 bits per heavy atom. The molecule has 200 valence electrons. The zero-order valence-corrected chi connectivity index (χ0v) is 22.5. The van der Waals surface area contributed by atoms with E-state index in [1.54, 1.807) is 60.3 Å². The monoisotopic (exact) mass is 557 g/mol. The van der Waals surface area contributed by atoms with E-state index in [1.807, 2.05) is 6.26 Å². The van der Waals surface area contributed by atoms with Gasteiger partial charge in [0.05, 0.1) is 17.6 Å². The molecule has 38 heavy (non-hydrogen) atoms. The summed E-state index contributed by atoms with van der Waals surface area (Å²) in [5.41, 5.74) is 1.03. The van der Waals surface area contributed by atoms with E-state index >= 15 is 0 Å². The summed E-state index contributed by atoms with van der Waals surface area (Å²) in [4.78, 5) is 52.4. The van der Waals surface area contributed by atoms with Crippen LogP contribution in [0.2, 0.25) is 0 Å². The summed E-state index contributed by atoms with van der Waals surface area (Å²) in [6.45, 7) is 0.197. The van der Waals surface area contributed by atoms with E-state index in [1.165, 1.54) is 7.11 Å². The Hall–Kier alpha value is -3.64. The van der Waals surface area contributed by atoms with Gasteiger partial charge in [-0.1, -0.05) is 18.2 Å². The first-order valence-electron chi connectivity index (χ1n) is 11.8. The van der Waals surface area contributed by atoms with Gasteiger partial charge in [0.25, 0.3) is 17.1 Å². The number of rotatable bonds is 11. The van der Waals surface area contributed by atoms with Gasteiger partial charge in [-0.05, 0) is 66.1 Å². The van der Waals surface area contributed by atoms with Gasteiger partial charge in [0.2, 0.25) is 12.7 Å². The Balaban J connectivity index is 1.34. The molecule has 0 aromatic heterocycles. The number of hydrogen-bond donors (Lipinski definition) is 2. The highest BCUT2D eigenvalue weighted by Gasteiger charge is 2.35. The number of ether oxygens (including phenoxy) is 3. The maximum Gasteiger partial charge on any atom is 0.293 e. The highest BCUT2D eigenvalue weighted by atomic mass is 32.2. The highest BCUT2D eigenvalue weighted by molar-refractivity contribution is 8.18. The Labute approximate surface area is 228 Å². The summed E-state index contributed by atoms with van der Waals surface area (Å²) in [6.07, 6.45) is 3.94. The maximum atomic E-state index is 12.9. The summed E-state index contributed by atoms with van der Waals surface area (Å²) in [7, 11) is 1.47. The predicted molar refractivity (Wildman–Crippen MR) is 145 cm³/mol. The van der Waals surface area contributed by atoms with Gasteiger partial charge in [0.15, 0.2) is 11.5 Å². The van der Waals surface area contributed by atoms with Crippen LogP contribution in [-0.4, -0.2) is 72.9 Å². The first kappa shape index (κ1) is 27.4. The lowest BCUT2D eigenvalue weighted by molar-refractivity contribution is -0.125. The van der Waals surface area contributed by atoms with Gasteiger partial charge >= 0.3 is 0 Å². The molecule has 1 atom stereocenters. The molecule has 2 N–H and O–H groups in total. The molecule has 1 fully saturated rings. The molecule has 2 aliphatic rings. The maximum absolute atomic E-state index is 12.9. The number of hydrogen-bond acceptors (Lipinski definition) is 9. The van der Waals surface area contributed by atoms with Crippen LogP contribution < -0.4 is 24.8 Å². The van der Waals surface area contributed by atoms with Gasteiger partial charge < -0.3 is 24.8 Å². The first-order valence-corrected chi connectivity index (χ1v) is 14.0. The molecule has 0 saturated carbocycles. The number of carbonyl (C=O) groups excluding carboxylic acids is 4. The number of imide groups is 1. The van der Waals surface area contributed by atoms with Crippen LogP contribution in [-0.2, 0) is 9.59 Å². The molecule has 1 unspecified atom stereocenters. The van der Waals surface area contributed by atoms with Gasteiger partial charge in [0, 0.05) is 13.1 Å². The molecule has 0 bridgehead atoms. The molecule has 10 nitrogen and oxygen atoms in total. The van der Waals surface area contributed by atoms with E-state index in [4.69, 9.17) is 14.2 Å². The average molecular weight is 558 g/mol. The second-order valence-corrected chi connectivity index (χ2v) is 10.2. The Morgan fingerprint density at radius 2 is 1.97 bits per heavy atom. The van der Waals surface area contributed by atoms with Crippen LogP contribution in [0.3, 0.4) is 0 Å². The number of amides is 4. The number of para-hydroxylation sites is 1. The third-order valence-corrected chi connectivity index (χ3v) is 7.34. The molecular weight excluding hydrogens is 530 g/mol. The summed E-state index contributed by atoms with van der Waals surface area (Å²) in [6, 6.07) is 11.2. The van der Waals surface area contributed by atoms with E-state index in [9.17, 15) is 19.2 Å². The number of thioether (sulfide) groups is 2. The first-order chi connectivity index (χ1) is 18.4. The molecule has 0 spiro atoms. The van der Waals surface area contributed by atoms with E-state index in [2.05, 4.69) is 10.6 Å². The van der Waals surface area contributed by atoms with Gasteiger partial charge in [0.1, 0.15) is 11.8 Å². The summed E-state index contributed by atoms with van der Waals surface area (Å²) in [5, 5.41) is 5.09. The van der Waals surface area contributed by atoms with Crippen molar-refractivity contribution in [3.8, 4) is 17.2 Å². The molecule has 12 heteroatoms. The molecule has 2 aromatic rings. The zero-order chi connectivity index (χ0) is 27.1. The van der Waals surface area contributed by atoms with Crippen LogP contribution in [0.5, 0.6) is 17.2 Å². The molecule has 0 aliphatic carbocycles. The van der Waals surface area contributed by atoms with Crippen LogP contribution >= 0.6 is 23.5 Å². The molecule has 2 aliphatic heterocycles. The Bertz CT molecular complexity index is 1270. The highest BCUT2D eigenvalue weighted by Crippen LogP contribution is 2.36. The molecule has 0 radical (unpaired) electrons. The summed E-state index contributed by atoms with van der Waals surface area (Å²) in [5.74, 6) is 0.999. The summed E-state index contributed by atoms with van der Waals surface area (Å²) < 4.78 is 15.9. The number of nitrogens with zero attached hydrogens (tertiary/aromatic N) is 1. The quantitative estimate of drug-likeness (QED) is 0.401. The van der Waals surface area contributed by atoms with E-state index < -0.39 is 29.0 Å². The normalized spacial score (nSPS) is 16.1. The van der Waals surface area contributed by atoms with Crippen LogP contribution in [0.25, 0.3) is 6.08 Å². The van der Waals surface area contributed by atoms with Crippen molar-refractivity contribution >= 4 is 52.6 Å². The number of methoxy groups -OCH3 is 1. The lowest BCUT2D eigenvalue weighted by Crippen LogP contribution is -2.48. The minimum Gasteiger partial charge on any atom is -0.496 e. The molecular formula is C26H27N3O7S2. The van der Waals surface area contributed by atoms with Crippen molar-refractivity contribution in [1.29, 1.82) is 0 Å². The van der Waals surface area contributed by atoms with Crippen molar-refractivity contribution in [2.75, 3.05) is 39.0 Å². The van der Waals surface area contributed by atoms with Crippen LogP contribution in [0.1, 0.15) is 22.3 Å². The standard InChI is InChI=1S/C26H27N3O7S2/c1-34-19-6-4-3-5-17(19)23(30)28-18(9-12-37-2)24(31)27-10-11-29-25(32)22(38-26(29)33)14-16-7-8-20-21(13-16)36-15-35-20/h3-8,13-14,18H,9-12,15H2,1-2H3,(H,27,31)(H,28,30)/b22-14+. The topological polar surface area (TPSA) is 123 Å². The van der Waals surface area contributed by atoms with Gasteiger partial charge in [-0.3, -0.25) is 24.1 Å². The predicted octanol–water partition coefficient (Wildman–Crippen LogP) is 3.13. The number of benzene rings is 2. The minimum atomic E-state index is -0.791. The third kappa shape index (κ3) is 6.43. The number of fused-ring (bicyclic) bond motifs is 1. The molecule has 4 amide bonds. The van der Waals surface area contributed by atoms with Crippen molar-refractivity contribution in [3.05, 3.63) is 58.5 Å². The van der Waals surface area contributed by atoms with Crippen molar-refractivity contribution in [1.82, 2.24) is 15.5 Å². The fourth-order valence-corrected chi connectivity index (χ4v) is 5.17. The van der Waals surface area contributed by atoms with E-state index in [0.717, 1.165) is 16.7 Å². The lowest BCUT2D eigenvalue weighted by atomic mass is 10.1. The third-order valence-electron chi connectivity index (χ3n) is 5.79. The van der Waals surface area contributed by atoms with E-state index in [0.29, 0.717) is 40.5 Å². The fraction of sp³-hybridized carbons (Fsp3) is 0.308. The SMILES string of the molecule is COc1ccccc1C(=O)NC(CCSC)C(=O)NCCN1C(=O)S/C(=C/c2ccc3c(c2)OCO3)C1=O. The Morgan fingerprint density at radius 3 is 2.76 bits per heavy atom. The van der Waals surface area contributed by atoms with Crippen molar-refractivity contribution in [2.45, 2.75) is 12.5 Å². The van der Waals surface area contributed by atoms with Gasteiger partial charge in [-0.25, -0.2) is 0 Å². The molecule has 1 saturated heterocycles. The second kappa shape index (κ2) is 12.7. The smallest absolute Gasteiger partial charge is 0.293 e. The lowest BCUT2D eigenvalue weighted by Gasteiger charge is -2.20. The molecule has 2 heterocycles.